The van der Waals surface area contributed by atoms with Crippen LogP contribution >= 0.6 is 27.5 Å². The Hall–Kier alpha value is -1.26. The lowest BCUT2D eigenvalue weighted by molar-refractivity contribution is 0.477. The van der Waals surface area contributed by atoms with Gasteiger partial charge >= 0.3 is 0 Å². The minimum Gasteiger partial charge on any atom is -0.454 e. The van der Waals surface area contributed by atoms with Crippen molar-refractivity contribution in [2.45, 2.75) is 6.92 Å². The van der Waals surface area contributed by atoms with Gasteiger partial charge in [-0.15, -0.1) is 0 Å². The zero-order valence-corrected chi connectivity index (χ0v) is 11.4. The summed E-state index contributed by atoms with van der Waals surface area (Å²) in [6.07, 6.45) is 3.18. The summed E-state index contributed by atoms with van der Waals surface area (Å²) in [5.74, 6) is 1.28. The summed E-state index contributed by atoms with van der Waals surface area (Å²) in [4.78, 5) is 3.95. The van der Waals surface area contributed by atoms with Gasteiger partial charge in [0.05, 0.1) is 16.4 Å². The lowest BCUT2D eigenvalue weighted by Gasteiger charge is -2.11. The highest BCUT2D eigenvalue weighted by atomic mass is 79.9. The smallest absolute Gasteiger partial charge is 0.167 e. The molecule has 5 heteroatoms. The van der Waals surface area contributed by atoms with Crippen LogP contribution in [0, 0.1) is 6.92 Å². The molecule has 0 saturated carbocycles. The van der Waals surface area contributed by atoms with Crippen molar-refractivity contribution >= 4 is 33.2 Å². The molecule has 2 rings (SSSR count). The van der Waals surface area contributed by atoms with Crippen LogP contribution in [0.3, 0.4) is 0 Å². The summed E-state index contributed by atoms with van der Waals surface area (Å²) in [5, 5.41) is 0.677. The highest BCUT2D eigenvalue weighted by molar-refractivity contribution is 9.10. The lowest BCUT2D eigenvalue weighted by atomic mass is 10.2. The summed E-state index contributed by atoms with van der Waals surface area (Å²) in [5.41, 5.74) is 7.23. The lowest BCUT2D eigenvalue weighted by Crippen LogP contribution is -1.95. The van der Waals surface area contributed by atoms with E-state index in [1.165, 1.54) is 0 Å². The number of hydrogen-bond acceptors (Lipinski definition) is 3. The number of halogens is 2. The van der Waals surface area contributed by atoms with Gasteiger partial charge in [-0.3, -0.25) is 4.98 Å². The van der Waals surface area contributed by atoms with E-state index in [1.54, 1.807) is 18.5 Å². The van der Waals surface area contributed by atoms with Gasteiger partial charge in [0.15, 0.2) is 5.75 Å². The first-order valence-corrected chi connectivity index (χ1v) is 6.08. The average Bonchev–Trinajstić information content (AvgIpc) is 2.26. The molecule has 0 aliphatic rings. The second-order valence-corrected chi connectivity index (χ2v) is 4.84. The van der Waals surface area contributed by atoms with Crippen molar-refractivity contribution in [1.29, 1.82) is 0 Å². The van der Waals surface area contributed by atoms with Crippen molar-refractivity contribution in [2.75, 3.05) is 5.73 Å². The molecule has 2 aromatic rings. The second-order valence-electron chi connectivity index (χ2n) is 3.55. The number of anilines is 1. The van der Waals surface area contributed by atoms with Crippen molar-refractivity contribution < 1.29 is 4.74 Å². The molecule has 0 unspecified atom stereocenters. The molecule has 88 valence electrons. The van der Waals surface area contributed by atoms with Crippen LogP contribution in [0.15, 0.2) is 35.1 Å². The molecule has 0 aliphatic heterocycles. The van der Waals surface area contributed by atoms with Gasteiger partial charge in [0.2, 0.25) is 0 Å². The third kappa shape index (κ3) is 2.70. The van der Waals surface area contributed by atoms with Crippen molar-refractivity contribution in [3.8, 4) is 11.5 Å². The van der Waals surface area contributed by atoms with Crippen molar-refractivity contribution in [2.24, 2.45) is 0 Å². The van der Waals surface area contributed by atoms with Gasteiger partial charge < -0.3 is 10.5 Å². The molecule has 0 atom stereocenters. The number of pyridine rings is 1. The van der Waals surface area contributed by atoms with Gasteiger partial charge in [0, 0.05) is 11.2 Å². The molecule has 0 radical (unpaired) electrons. The fourth-order valence-electron chi connectivity index (χ4n) is 1.38. The minimum absolute atomic E-state index is 0.480. The Morgan fingerprint density at radius 1 is 1.35 bits per heavy atom. The van der Waals surface area contributed by atoms with Crippen molar-refractivity contribution in [1.82, 2.24) is 4.98 Å². The Labute approximate surface area is 113 Å². The molecule has 0 amide bonds. The first kappa shape index (κ1) is 12.2. The standard InChI is InChI=1S/C12H10BrClN2O/c1-7-4-8(14)2-3-11(7)17-12-9(13)5-16-6-10(12)15/h2-6H,15H2,1H3. The predicted octanol–water partition coefficient (Wildman–Crippen LogP) is 4.18. The number of rotatable bonds is 2. The van der Waals surface area contributed by atoms with Crippen LogP contribution in [0.2, 0.25) is 5.02 Å². The van der Waals surface area contributed by atoms with E-state index in [0.29, 0.717) is 26.7 Å². The van der Waals surface area contributed by atoms with Crippen LogP contribution in [0.4, 0.5) is 5.69 Å². The van der Waals surface area contributed by atoms with Gasteiger partial charge in [0.1, 0.15) is 5.75 Å². The van der Waals surface area contributed by atoms with Crippen molar-refractivity contribution in [3.05, 3.63) is 45.7 Å². The summed E-state index contributed by atoms with van der Waals surface area (Å²) < 4.78 is 6.47. The van der Waals surface area contributed by atoms with Crippen LogP contribution in [-0.4, -0.2) is 4.98 Å². The molecule has 17 heavy (non-hydrogen) atoms. The summed E-state index contributed by atoms with van der Waals surface area (Å²) in [6.45, 7) is 1.92. The van der Waals surface area contributed by atoms with E-state index in [9.17, 15) is 0 Å². The zero-order chi connectivity index (χ0) is 12.4. The number of benzene rings is 1. The molecular weight excluding hydrogens is 304 g/mol. The molecule has 3 nitrogen and oxygen atoms in total. The minimum atomic E-state index is 0.480. The van der Waals surface area contributed by atoms with Crippen LogP contribution in [0.1, 0.15) is 5.56 Å². The molecular formula is C12H10BrClN2O. The van der Waals surface area contributed by atoms with E-state index in [-0.39, 0.29) is 0 Å². The Kier molecular flexibility index (Phi) is 3.54. The molecule has 0 aliphatic carbocycles. The Morgan fingerprint density at radius 3 is 2.76 bits per heavy atom. The summed E-state index contributed by atoms with van der Waals surface area (Å²) in [6, 6.07) is 5.42. The summed E-state index contributed by atoms with van der Waals surface area (Å²) in [7, 11) is 0. The van der Waals surface area contributed by atoms with Crippen LogP contribution in [-0.2, 0) is 0 Å². The topological polar surface area (TPSA) is 48.1 Å². The van der Waals surface area contributed by atoms with E-state index in [0.717, 1.165) is 5.56 Å². The van der Waals surface area contributed by atoms with Gasteiger partial charge in [-0.05, 0) is 46.6 Å². The maximum atomic E-state index is 5.88. The Morgan fingerprint density at radius 2 is 2.12 bits per heavy atom. The summed E-state index contributed by atoms with van der Waals surface area (Å²) >= 11 is 9.23. The molecule has 1 heterocycles. The number of ether oxygens (including phenoxy) is 1. The average molecular weight is 314 g/mol. The third-order valence-corrected chi connectivity index (χ3v) is 3.03. The normalized spacial score (nSPS) is 10.3. The van der Waals surface area contributed by atoms with Gasteiger partial charge in [-0.1, -0.05) is 11.6 Å². The Balaban J connectivity index is 2.38. The first-order valence-electron chi connectivity index (χ1n) is 4.91. The number of aryl methyl sites for hydroxylation is 1. The molecule has 0 saturated heterocycles. The van der Waals surface area contributed by atoms with Crippen LogP contribution in [0.5, 0.6) is 11.5 Å². The fourth-order valence-corrected chi connectivity index (χ4v) is 2.04. The van der Waals surface area contributed by atoms with Gasteiger partial charge in [-0.25, -0.2) is 0 Å². The Bertz CT molecular complexity index is 540. The third-order valence-electron chi connectivity index (χ3n) is 2.23. The fraction of sp³-hybridized carbons (Fsp3) is 0.0833. The zero-order valence-electron chi connectivity index (χ0n) is 9.08. The van der Waals surface area contributed by atoms with Crippen molar-refractivity contribution in [3.63, 3.8) is 0 Å². The van der Waals surface area contributed by atoms with E-state index < -0.39 is 0 Å². The number of nitrogens with two attached hydrogens (primary N) is 1. The van der Waals surface area contributed by atoms with Gasteiger partial charge in [-0.2, -0.15) is 0 Å². The predicted molar refractivity (Wildman–Crippen MR) is 72.6 cm³/mol. The van der Waals surface area contributed by atoms with E-state index in [2.05, 4.69) is 20.9 Å². The number of hydrogen-bond donors (Lipinski definition) is 1. The molecule has 2 N–H and O–H groups in total. The van der Waals surface area contributed by atoms with Crippen LogP contribution < -0.4 is 10.5 Å². The molecule has 1 aromatic heterocycles. The number of nitrogens with zero attached hydrogens (tertiary/aromatic N) is 1. The SMILES string of the molecule is Cc1cc(Cl)ccc1Oc1c(N)cncc1Br. The monoisotopic (exact) mass is 312 g/mol. The van der Waals surface area contributed by atoms with E-state index in [1.807, 2.05) is 19.1 Å². The molecule has 0 spiro atoms. The number of nitrogen functional groups attached to an aromatic ring is 1. The van der Waals surface area contributed by atoms with Gasteiger partial charge in [0.25, 0.3) is 0 Å². The molecule has 1 aromatic carbocycles. The number of aromatic nitrogens is 1. The maximum absolute atomic E-state index is 5.88. The van der Waals surface area contributed by atoms with E-state index >= 15 is 0 Å². The highest BCUT2D eigenvalue weighted by Gasteiger charge is 2.09. The quantitative estimate of drug-likeness (QED) is 0.904. The van der Waals surface area contributed by atoms with E-state index in [4.69, 9.17) is 22.1 Å². The first-order chi connectivity index (χ1) is 8.08. The maximum Gasteiger partial charge on any atom is 0.167 e. The largest absolute Gasteiger partial charge is 0.454 e. The molecule has 0 fully saturated rings. The highest BCUT2D eigenvalue weighted by Crippen LogP contribution is 2.35. The molecule has 0 bridgehead atoms. The second kappa shape index (κ2) is 4.94. The van der Waals surface area contributed by atoms with Crippen LogP contribution in [0.25, 0.3) is 0 Å².